The fraction of sp³-hybridized carbons (Fsp3) is 0.268. The number of nitrogens with zero attached hydrogens (tertiary/aromatic N) is 6. The zero-order chi connectivity index (χ0) is 40.3. The molecule has 2 amide bonds. The summed E-state index contributed by atoms with van der Waals surface area (Å²) in [4.78, 5) is 25.5. The van der Waals surface area contributed by atoms with Crippen LogP contribution in [0.4, 0.5) is 13.2 Å². The molecule has 2 heterocycles. The lowest BCUT2D eigenvalue weighted by Crippen LogP contribution is -2.40. The third-order valence-corrected chi connectivity index (χ3v) is 8.30. The van der Waals surface area contributed by atoms with Crippen LogP contribution in [-0.2, 0) is 6.18 Å². The summed E-state index contributed by atoms with van der Waals surface area (Å²) in [5.41, 5.74) is 4.04. The zero-order valence-electron chi connectivity index (χ0n) is 31.7. The Morgan fingerprint density at radius 2 is 0.964 bits per heavy atom. The first kappa shape index (κ1) is 40.4. The number of amides is 2. The number of carbonyl (C=O) groups excluding carboxylic acids is 2. The zero-order valence-corrected chi connectivity index (χ0v) is 32.5. The summed E-state index contributed by atoms with van der Waals surface area (Å²) in [6.45, 7) is 15.1. The summed E-state index contributed by atoms with van der Waals surface area (Å²) in [7, 11) is 0. The molecule has 4 aromatic carbocycles. The van der Waals surface area contributed by atoms with Crippen molar-refractivity contribution in [3.8, 4) is 33.6 Å². The Labute approximate surface area is 322 Å². The molecule has 0 aliphatic carbocycles. The molecule has 0 unspecified atom stereocenters. The normalized spacial score (nSPS) is 11.8. The van der Waals surface area contributed by atoms with Crippen LogP contribution in [0.25, 0.3) is 33.6 Å². The van der Waals surface area contributed by atoms with E-state index >= 15 is 0 Å². The molecule has 6 aromatic rings. The van der Waals surface area contributed by atoms with Crippen molar-refractivity contribution in [3.05, 3.63) is 131 Å². The number of benzene rings is 4. The van der Waals surface area contributed by atoms with Gasteiger partial charge in [-0.25, -0.2) is 0 Å². The van der Waals surface area contributed by atoms with Crippen molar-refractivity contribution < 1.29 is 22.8 Å². The SMILES string of the molecule is Cc1nncn1-c1cc(C(=O)NC(C)(C)C)cc(-c2ccc(C(F)(F)F)cc2)c1.Cc1nncn1-c1cc(C(=O)NC(C)(C)C)cc(-c2ccc(Cl)cc2)c1. The molecule has 0 fully saturated rings. The van der Waals surface area contributed by atoms with Gasteiger partial charge in [0.1, 0.15) is 24.3 Å². The van der Waals surface area contributed by atoms with Gasteiger partial charge >= 0.3 is 6.18 Å². The van der Waals surface area contributed by atoms with Gasteiger partial charge in [-0.05, 0) is 138 Å². The average molecular weight is 771 g/mol. The fourth-order valence-electron chi connectivity index (χ4n) is 5.51. The highest BCUT2D eigenvalue weighted by atomic mass is 35.5. The second-order valence-electron chi connectivity index (χ2n) is 15.0. The molecule has 0 saturated heterocycles. The monoisotopic (exact) mass is 770 g/mol. The maximum atomic E-state index is 12.9. The summed E-state index contributed by atoms with van der Waals surface area (Å²) in [5, 5.41) is 22.4. The van der Waals surface area contributed by atoms with Crippen molar-refractivity contribution in [2.75, 3.05) is 0 Å². The molecule has 0 bridgehead atoms. The van der Waals surface area contributed by atoms with Gasteiger partial charge in [0.15, 0.2) is 0 Å². The van der Waals surface area contributed by atoms with Gasteiger partial charge in [0.05, 0.1) is 5.56 Å². The Bertz CT molecular complexity index is 2300. The Hall–Kier alpha value is -5.82. The van der Waals surface area contributed by atoms with Gasteiger partial charge in [0, 0.05) is 38.6 Å². The Kier molecular flexibility index (Phi) is 11.7. The molecule has 2 N–H and O–H groups in total. The molecule has 55 heavy (non-hydrogen) atoms. The van der Waals surface area contributed by atoms with E-state index in [1.165, 1.54) is 18.5 Å². The van der Waals surface area contributed by atoms with Crippen LogP contribution in [0.2, 0.25) is 5.02 Å². The third kappa shape index (κ3) is 10.7. The lowest BCUT2D eigenvalue weighted by Gasteiger charge is -2.21. The van der Waals surface area contributed by atoms with Crippen LogP contribution >= 0.6 is 11.6 Å². The molecule has 0 atom stereocenters. The summed E-state index contributed by atoms with van der Waals surface area (Å²) >= 11 is 6.00. The second-order valence-corrected chi connectivity index (χ2v) is 15.5. The van der Waals surface area contributed by atoms with Crippen LogP contribution in [0, 0.1) is 13.8 Å². The van der Waals surface area contributed by atoms with Gasteiger partial charge in [-0.1, -0.05) is 35.9 Å². The van der Waals surface area contributed by atoms with Crippen molar-refractivity contribution in [1.82, 2.24) is 40.2 Å². The number of hydrogen-bond acceptors (Lipinski definition) is 6. The van der Waals surface area contributed by atoms with Crippen molar-refractivity contribution in [2.45, 2.75) is 72.6 Å². The minimum Gasteiger partial charge on any atom is -0.347 e. The van der Waals surface area contributed by atoms with Gasteiger partial charge in [-0.2, -0.15) is 13.2 Å². The van der Waals surface area contributed by atoms with E-state index in [9.17, 15) is 22.8 Å². The van der Waals surface area contributed by atoms with Gasteiger partial charge in [0.25, 0.3) is 11.8 Å². The fourth-order valence-corrected chi connectivity index (χ4v) is 5.63. The highest BCUT2D eigenvalue weighted by molar-refractivity contribution is 6.30. The van der Waals surface area contributed by atoms with Crippen LogP contribution in [0.5, 0.6) is 0 Å². The van der Waals surface area contributed by atoms with Crippen molar-refractivity contribution in [2.24, 2.45) is 0 Å². The van der Waals surface area contributed by atoms with E-state index in [0.717, 1.165) is 34.8 Å². The first-order valence-corrected chi connectivity index (χ1v) is 17.7. The van der Waals surface area contributed by atoms with E-state index < -0.39 is 17.3 Å². The van der Waals surface area contributed by atoms with Gasteiger partial charge in [0.2, 0.25) is 0 Å². The molecular weight excluding hydrogens is 729 g/mol. The van der Waals surface area contributed by atoms with E-state index in [-0.39, 0.29) is 17.4 Å². The van der Waals surface area contributed by atoms with Crippen molar-refractivity contribution >= 4 is 23.4 Å². The summed E-state index contributed by atoms with van der Waals surface area (Å²) in [6.07, 6.45) is -1.24. The van der Waals surface area contributed by atoms with Crippen LogP contribution in [0.15, 0.2) is 97.6 Å². The second kappa shape index (κ2) is 15.9. The quantitative estimate of drug-likeness (QED) is 0.174. The highest BCUT2D eigenvalue weighted by Crippen LogP contribution is 2.32. The molecule has 0 spiro atoms. The molecule has 0 aliphatic heterocycles. The van der Waals surface area contributed by atoms with E-state index in [1.807, 2.05) is 95.5 Å². The van der Waals surface area contributed by atoms with Gasteiger partial charge < -0.3 is 10.6 Å². The highest BCUT2D eigenvalue weighted by Gasteiger charge is 2.30. The standard InChI is InChI=1S/C21H21F3N4O.C20H21ClN4O/c1-13-27-25-12-28(13)18-10-15(9-16(11-18)19(29)26-20(2,3)4)14-5-7-17(8-6-14)21(22,23)24;1-13-24-22-12-25(13)18-10-15(14-5-7-17(21)8-6-14)9-16(11-18)19(26)23-20(2,3)4/h5-12H,1-4H3,(H,26,29);5-12H,1-4H3,(H,23,26). The number of halogens is 4. The molecule has 6 rings (SSSR count). The number of aryl methyl sites for hydroxylation is 2. The Morgan fingerprint density at radius 3 is 1.29 bits per heavy atom. The molecule has 10 nitrogen and oxygen atoms in total. The average Bonchev–Trinajstić information content (AvgIpc) is 3.74. The summed E-state index contributed by atoms with van der Waals surface area (Å²) < 4.78 is 42.2. The number of alkyl halides is 3. The molecular formula is C41H42ClF3N8O2. The predicted octanol–water partition coefficient (Wildman–Crippen LogP) is 9.21. The van der Waals surface area contributed by atoms with E-state index in [1.54, 1.807) is 36.0 Å². The maximum absolute atomic E-state index is 12.9. The van der Waals surface area contributed by atoms with E-state index in [0.29, 0.717) is 38.8 Å². The van der Waals surface area contributed by atoms with Crippen LogP contribution in [-0.4, -0.2) is 52.4 Å². The number of rotatable bonds is 6. The summed E-state index contributed by atoms with van der Waals surface area (Å²) in [6, 6.07) is 23.3. The molecule has 286 valence electrons. The predicted molar refractivity (Wildman–Crippen MR) is 208 cm³/mol. The number of aromatic nitrogens is 6. The van der Waals surface area contributed by atoms with E-state index in [4.69, 9.17) is 11.6 Å². The smallest absolute Gasteiger partial charge is 0.347 e. The van der Waals surface area contributed by atoms with Crippen molar-refractivity contribution in [3.63, 3.8) is 0 Å². The lowest BCUT2D eigenvalue weighted by atomic mass is 9.99. The molecule has 0 aliphatic rings. The summed E-state index contributed by atoms with van der Waals surface area (Å²) in [5.74, 6) is 0.968. The Balaban J connectivity index is 0.000000212. The van der Waals surface area contributed by atoms with Crippen molar-refractivity contribution in [1.29, 1.82) is 0 Å². The Morgan fingerprint density at radius 1 is 0.582 bits per heavy atom. The first-order valence-electron chi connectivity index (χ1n) is 17.3. The van der Waals surface area contributed by atoms with E-state index in [2.05, 4.69) is 31.0 Å². The largest absolute Gasteiger partial charge is 0.416 e. The lowest BCUT2D eigenvalue weighted by molar-refractivity contribution is -0.137. The van der Waals surface area contributed by atoms with Gasteiger partial charge in [-0.3, -0.25) is 18.7 Å². The number of hydrogen-bond donors (Lipinski definition) is 2. The molecule has 14 heteroatoms. The first-order chi connectivity index (χ1) is 25.7. The molecule has 2 aromatic heterocycles. The third-order valence-electron chi connectivity index (χ3n) is 8.05. The number of carbonyl (C=O) groups is 2. The topological polar surface area (TPSA) is 120 Å². The van der Waals surface area contributed by atoms with Crippen LogP contribution in [0.1, 0.15) is 79.5 Å². The minimum absolute atomic E-state index is 0.125. The molecule has 0 radical (unpaired) electrons. The van der Waals surface area contributed by atoms with Crippen LogP contribution < -0.4 is 10.6 Å². The van der Waals surface area contributed by atoms with Crippen LogP contribution in [0.3, 0.4) is 0 Å². The maximum Gasteiger partial charge on any atom is 0.416 e. The minimum atomic E-state index is -4.41. The van der Waals surface area contributed by atoms with Gasteiger partial charge in [-0.15, -0.1) is 20.4 Å². The number of nitrogens with one attached hydrogen (secondary N) is 2. The molecule has 0 saturated carbocycles.